The molecule has 0 saturated heterocycles. The van der Waals surface area contributed by atoms with Crippen molar-refractivity contribution < 1.29 is 9.47 Å². The number of hydrogen-bond donors (Lipinski definition) is 1. The minimum Gasteiger partial charge on any atom is -0.493 e. The van der Waals surface area contributed by atoms with Crippen LogP contribution < -0.4 is 14.8 Å². The SMILES string of the molecule is COc1cc2c(cc1OC)[C@H]1c3ccc(C)cc3CN[C@@H]1CC2. The van der Waals surface area contributed by atoms with E-state index in [0.29, 0.717) is 12.0 Å². The van der Waals surface area contributed by atoms with E-state index in [4.69, 9.17) is 9.47 Å². The van der Waals surface area contributed by atoms with Crippen LogP contribution in [0.4, 0.5) is 0 Å². The summed E-state index contributed by atoms with van der Waals surface area (Å²) in [5.41, 5.74) is 6.99. The van der Waals surface area contributed by atoms with Crippen molar-refractivity contribution in [1.82, 2.24) is 5.32 Å². The van der Waals surface area contributed by atoms with Crippen LogP contribution in [0, 0.1) is 6.92 Å². The summed E-state index contributed by atoms with van der Waals surface area (Å²) in [7, 11) is 3.41. The highest BCUT2D eigenvalue weighted by atomic mass is 16.5. The van der Waals surface area contributed by atoms with Gasteiger partial charge in [-0.25, -0.2) is 0 Å². The first kappa shape index (κ1) is 14.6. The lowest BCUT2D eigenvalue weighted by atomic mass is 9.72. The summed E-state index contributed by atoms with van der Waals surface area (Å²) >= 11 is 0. The van der Waals surface area contributed by atoms with Crippen molar-refractivity contribution in [3.05, 3.63) is 58.1 Å². The number of fused-ring (bicyclic) bond motifs is 5. The second kappa shape index (κ2) is 5.57. The smallest absolute Gasteiger partial charge is 0.161 e. The van der Waals surface area contributed by atoms with Crippen LogP contribution in [-0.4, -0.2) is 20.3 Å². The molecule has 2 atom stereocenters. The van der Waals surface area contributed by atoms with E-state index in [2.05, 4.69) is 42.6 Å². The molecule has 3 heteroatoms. The maximum absolute atomic E-state index is 5.54. The van der Waals surface area contributed by atoms with Crippen molar-refractivity contribution in [2.75, 3.05) is 14.2 Å². The summed E-state index contributed by atoms with van der Waals surface area (Å²) in [5, 5.41) is 3.74. The van der Waals surface area contributed by atoms with Gasteiger partial charge in [0, 0.05) is 18.5 Å². The standard InChI is InChI=1S/C20H23NO2/c1-12-4-6-15-14(8-12)11-21-17-7-5-13-9-18(22-2)19(23-3)10-16(13)20(15)17/h4,6,8-10,17,20-21H,5,7,11H2,1-3H3/t17-,20-/m1/s1. The summed E-state index contributed by atoms with van der Waals surface area (Å²) in [5.74, 6) is 2.06. The van der Waals surface area contributed by atoms with E-state index in [9.17, 15) is 0 Å². The largest absolute Gasteiger partial charge is 0.493 e. The summed E-state index contributed by atoms with van der Waals surface area (Å²) in [6.45, 7) is 3.13. The minimum absolute atomic E-state index is 0.405. The topological polar surface area (TPSA) is 30.5 Å². The Kier molecular flexibility index (Phi) is 3.53. The van der Waals surface area contributed by atoms with E-state index < -0.39 is 0 Å². The maximum Gasteiger partial charge on any atom is 0.161 e. The van der Waals surface area contributed by atoms with Crippen molar-refractivity contribution in [3.8, 4) is 11.5 Å². The second-order valence-electron chi connectivity index (χ2n) is 6.61. The van der Waals surface area contributed by atoms with Crippen LogP contribution in [-0.2, 0) is 13.0 Å². The fraction of sp³-hybridized carbons (Fsp3) is 0.400. The molecule has 1 aliphatic carbocycles. The third-order valence-electron chi connectivity index (χ3n) is 5.30. The first-order chi connectivity index (χ1) is 11.2. The normalized spacial score (nSPS) is 21.9. The lowest BCUT2D eigenvalue weighted by molar-refractivity contribution is 0.349. The molecule has 1 heterocycles. The highest BCUT2D eigenvalue weighted by molar-refractivity contribution is 5.54. The summed E-state index contributed by atoms with van der Waals surface area (Å²) < 4.78 is 11.0. The lowest BCUT2D eigenvalue weighted by Crippen LogP contribution is -2.42. The number of nitrogens with one attached hydrogen (secondary N) is 1. The quantitative estimate of drug-likeness (QED) is 0.920. The Labute approximate surface area is 137 Å². The molecule has 120 valence electrons. The molecule has 1 aliphatic heterocycles. The molecule has 0 unspecified atom stereocenters. The highest BCUT2D eigenvalue weighted by Gasteiger charge is 2.35. The van der Waals surface area contributed by atoms with E-state index >= 15 is 0 Å². The first-order valence-corrected chi connectivity index (χ1v) is 8.29. The summed E-state index contributed by atoms with van der Waals surface area (Å²) in [6.07, 6.45) is 2.26. The third-order valence-corrected chi connectivity index (χ3v) is 5.30. The molecule has 0 saturated carbocycles. The third kappa shape index (κ3) is 2.31. The average Bonchev–Trinajstić information content (AvgIpc) is 2.59. The van der Waals surface area contributed by atoms with E-state index in [-0.39, 0.29) is 0 Å². The molecule has 2 aromatic rings. The van der Waals surface area contributed by atoms with Gasteiger partial charge in [0.25, 0.3) is 0 Å². The van der Waals surface area contributed by atoms with E-state index in [1.54, 1.807) is 14.2 Å². The Bertz CT molecular complexity index is 754. The van der Waals surface area contributed by atoms with Crippen molar-refractivity contribution in [1.29, 1.82) is 0 Å². The monoisotopic (exact) mass is 309 g/mol. The van der Waals surface area contributed by atoms with Gasteiger partial charge in [0.2, 0.25) is 0 Å². The minimum atomic E-state index is 0.405. The zero-order valence-electron chi connectivity index (χ0n) is 14.0. The van der Waals surface area contributed by atoms with Crippen LogP contribution in [0.5, 0.6) is 11.5 Å². The zero-order chi connectivity index (χ0) is 16.0. The van der Waals surface area contributed by atoms with Gasteiger partial charge >= 0.3 is 0 Å². The molecule has 0 spiro atoms. The predicted octanol–water partition coefficient (Wildman–Crippen LogP) is 3.56. The number of ether oxygens (including phenoxy) is 2. The number of benzene rings is 2. The molecule has 1 N–H and O–H groups in total. The molecule has 23 heavy (non-hydrogen) atoms. The Morgan fingerprint density at radius 1 is 0.957 bits per heavy atom. The molecule has 4 rings (SSSR count). The molecular formula is C20H23NO2. The van der Waals surface area contributed by atoms with Gasteiger partial charge in [-0.15, -0.1) is 0 Å². The van der Waals surface area contributed by atoms with Gasteiger partial charge in [-0.3, -0.25) is 0 Å². The average molecular weight is 309 g/mol. The molecule has 2 aromatic carbocycles. The molecule has 0 fully saturated rings. The van der Waals surface area contributed by atoms with Gasteiger partial charge in [0.05, 0.1) is 14.2 Å². The maximum atomic E-state index is 5.54. The molecule has 0 radical (unpaired) electrons. The van der Waals surface area contributed by atoms with Gasteiger partial charge in [-0.2, -0.15) is 0 Å². The predicted molar refractivity (Wildman–Crippen MR) is 91.5 cm³/mol. The number of rotatable bonds is 2. The van der Waals surface area contributed by atoms with Crippen LogP contribution in [0.2, 0.25) is 0 Å². The zero-order valence-corrected chi connectivity index (χ0v) is 14.0. The van der Waals surface area contributed by atoms with Gasteiger partial charge in [0.1, 0.15) is 0 Å². The first-order valence-electron chi connectivity index (χ1n) is 8.29. The van der Waals surface area contributed by atoms with Crippen molar-refractivity contribution in [3.63, 3.8) is 0 Å². The number of methoxy groups -OCH3 is 2. The fourth-order valence-electron chi connectivity index (χ4n) is 4.17. The molecular weight excluding hydrogens is 286 g/mol. The van der Waals surface area contributed by atoms with E-state index in [0.717, 1.165) is 24.5 Å². The van der Waals surface area contributed by atoms with Gasteiger partial charge < -0.3 is 14.8 Å². The second-order valence-corrected chi connectivity index (χ2v) is 6.61. The number of aryl methyl sites for hydroxylation is 2. The van der Waals surface area contributed by atoms with E-state index in [1.165, 1.54) is 34.2 Å². The van der Waals surface area contributed by atoms with E-state index in [1.807, 2.05) is 0 Å². The van der Waals surface area contributed by atoms with Crippen molar-refractivity contribution in [2.45, 2.75) is 38.3 Å². The van der Waals surface area contributed by atoms with Gasteiger partial charge in [-0.1, -0.05) is 23.8 Å². The van der Waals surface area contributed by atoms with Crippen LogP contribution in [0.1, 0.15) is 40.2 Å². The molecule has 3 nitrogen and oxygen atoms in total. The fourth-order valence-corrected chi connectivity index (χ4v) is 4.17. The number of hydrogen-bond acceptors (Lipinski definition) is 3. The Morgan fingerprint density at radius 2 is 1.74 bits per heavy atom. The van der Waals surface area contributed by atoms with Crippen LogP contribution in [0.15, 0.2) is 30.3 Å². The summed E-state index contributed by atoms with van der Waals surface area (Å²) in [4.78, 5) is 0. The van der Waals surface area contributed by atoms with Crippen LogP contribution in [0.3, 0.4) is 0 Å². The lowest BCUT2D eigenvalue weighted by Gasteiger charge is -2.40. The van der Waals surface area contributed by atoms with Gasteiger partial charge in [-0.05, 0) is 54.2 Å². The molecule has 0 bridgehead atoms. The summed E-state index contributed by atoms with van der Waals surface area (Å²) in [6, 6.07) is 11.7. The molecule has 2 aliphatic rings. The van der Waals surface area contributed by atoms with Crippen LogP contribution >= 0.6 is 0 Å². The van der Waals surface area contributed by atoms with Crippen LogP contribution in [0.25, 0.3) is 0 Å². The Balaban J connectivity index is 1.88. The highest BCUT2D eigenvalue weighted by Crippen LogP contribution is 2.44. The Hall–Kier alpha value is -2.00. The van der Waals surface area contributed by atoms with Gasteiger partial charge in [0.15, 0.2) is 11.5 Å². The molecule has 0 aromatic heterocycles. The van der Waals surface area contributed by atoms with Crippen molar-refractivity contribution >= 4 is 0 Å². The van der Waals surface area contributed by atoms with Crippen molar-refractivity contribution in [2.24, 2.45) is 0 Å². The molecule has 0 amide bonds. The Morgan fingerprint density at radius 3 is 2.52 bits per heavy atom.